The number of nitrogens with one attached hydrogen (secondary N) is 2. The lowest BCUT2D eigenvalue weighted by Gasteiger charge is -2.27. The van der Waals surface area contributed by atoms with Gasteiger partial charge in [-0.15, -0.1) is 0 Å². The van der Waals surface area contributed by atoms with Gasteiger partial charge in [0.2, 0.25) is 0 Å². The van der Waals surface area contributed by atoms with Crippen molar-refractivity contribution >= 4 is 11.6 Å². The normalized spacial score (nSPS) is 17.2. The molecule has 36 heavy (non-hydrogen) atoms. The molecule has 1 amide bonds. The van der Waals surface area contributed by atoms with Crippen LogP contribution < -0.4 is 10.2 Å². The molecule has 0 spiro atoms. The second-order valence-corrected chi connectivity index (χ2v) is 9.59. The number of hydrogen-bond donors (Lipinski definition) is 3. The van der Waals surface area contributed by atoms with E-state index >= 15 is 0 Å². The van der Waals surface area contributed by atoms with Gasteiger partial charge in [-0.25, -0.2) is 4.39 Å². The SMILES string of the molecule is CN(C)CC1(O)CCN(c2ccc(C(=O)NCCCc3cn[nH]c3)cc2C#Cc2ccc(F)cc2)C1. The van der Waals surface area contributed by atoms with Crippen LogP contribution >= 0.6 is 0 Å². The van der Waals surface area contributed by atoms with Crippen molar-refractivity contribution in [3.05, 3.63) is 82.9 Å². The summed E-state index contributed by atoms with van der Waals surface area (Å²) < 4.78 is 13.3. The standard InChI is InChI=1S/C28H32FN5O2/c1-33(2)19-28(36)13-15-34(20-28)26-12-9-24(27(35)30-14-3-4-22-17-31-32-18-22)16-23(26)8-5-21-6-10-25(29)11-7-21/h6-7,9-12,16-18,36H,3-4,13-15,19-20H2,1-2H3,(H,30,35)(H,31,32). The lowest BCUT2D eigenvalue weighted by atomic mass is 10.0. The molecule has 0 radical (unpaired) electrons. The van der Waals surface area contributed by atoms with Crippen molar-refractivity contribution in [3.8, 4) is 11.8 Å². The predicted molar refractivity (Wildman–Crippen MR) is 138 cm³/mol. The molecule has 2 heterocycles. The van der Waals surface area contributed by atoms with E-state index in [1.54, 1.807) is 30.5 Å². The highest BCUT2D eigenvalue weighted by Crippen LogP contribution is 2.30. The number of hydrogen-bond acceptors (Lipinski definition) is 5. The van der Waals surface area contributed by atoms with E-state index in [0.717, 1.165) is 24.1 Å². The Balaban J connectivity index is 1.52. The Hall–Kier alpha value is -3.67. The fourth-order valence-electron chi connectivity index (χ4n) is 4.52. The molecule has 0 aliphatic carbocycles. The Morgan fingerprint density at radius 1 is 1.25 bits per heavy atom. The van der Waals surface area contributed by atoms with E-state index in [4.69, 9.17) is 0 Å². The first kappa shape index (κ1) is 25.4. The molecule has 1 saturated heterocycles. The fraction of sp³-hybridized carbons (Fsp3) is 0.357. The lowest BCUT2D eigenvalue weighted by molar-refractivity contribution is 0.0366. The zero-order chi connectivity index (χ0) is 25.5. The van der Waals surface area contributed by atoms with Crippen molar-refractivity contribution in [2.24, 2.45) is 0 Å². The first-order valence-electron chi connectivity index (χ1n) is 12.1. The topological polar surface area (TPSA) is 84.5 Å². The van der Waals surface area contributed by atoms with E-state index in [1.807, 2.05) is 31.3 Å². The molecule has 2 aromatic carbocycles. The summed E-state index contributed by atoms with van der Waals surface area (Å²) in [5, 5.41) is 20.7. The third-order valence-corrected chi connectivity index (χ3v) is 6.21. The maximum Gasteiger partial charge on any atom is 0.251 e. The molecule has 8 heteroatoms. The molecule has 1 aromatic heterocycles. The zero-order valence-electron chi connectivity index (χ0n) is 20.7. The van der Waals surface area contributed by atoms with E-state index in [-0.39, 0.29) is 11.7 Å². The summed E-state index contributed by atoms with van der Waals surface area (Å²) in [6.45, 7) is 2.29. The molecule has 4 rings (SSSR count). The van der Waals surface area contributed by atoms with Gasteiger partial charge >= 0.3 is 0 Å². The largest absolute Gasteiger partial charge is 0.387 e. The summed E-state index contributed by atoms with van der Waals surface area (Å²) in [5.41, 5.74) is 3.06. The molecular formula is C28H32FN5O2. The van der Waals surface area contributed by atoms with Crippen LogP contribution in [0, 0.1) is 17.7 Å². The Kier molecular flexibility index (Phi) is 8.04. The highest BCUT2D eigenvalue weighted by molar-refractivity contribution is 5.95. The number of aryl methyl sites for hydroxylation is 1. The number of H-pyrrole nitrogens is 1. The van der Waals surface area contributed by atoms with Gasteiger partial charge < -0.3 is 20.2 Å². The Morgan fingerprint density at radius 2 is 2.06 bits per heavy atom. The summed E-state index contributed by atoms with van der Waals surface area (Å²) in [7, 11) is 3.89. The van der Waals surface area contributed by atoms with E-state index < -0.39 is 5.60 Å². The third kappa shape index (κ3) is 6.72. The van der Waals surface area contributed by atoms with Gasteiger partial charge in [0.25, 0.3) is 5.91 Å². The second-order valence-electron chi connectivity index (χ2n) is 9.59. The van der Waals surface area contributed by atoms with Crippen molar-refractivity contribution in [1.82, 2.24) is 20.4 Å². The number of anilines is 1. The molecule has 188 valence electrons. The van der Waals surface area contributed by atoms with Gasteiger partial charge in [0.15, 0.2) is 0 Å². The van der Waals surface area contributed by atoms with Gasteiger partial charge in [0.1, 0.15) is 5.82 Å². The fourth-order valence-corrected chi connectivity index (χ4v) is 4.52. The molecule has 3 N–H and O–H groups in total. The minimum absolute atomic E-state index is 0.163. The third-order valence-electron chi connectivity index (χ3n) is 6.21. The van der Waals surface area contributed by atoms with Crippen LogP contribution in [0.3, 0.4) is 0 Å². The Morgan fingerprint density at radius 3 is 2.78 bits per heavy atom. The van der Waals surface area contributed by atoms with Gasteiger partial charge in [-0.1, -0.05) is 11.8 Å². The molecule has 7 nitrogen and oxygen atoms in total. The number of carbonyl (C=O) groups excluding carboxylic acids is 1. The lowest BCUT2D eigenvalue weighted by Crippen LogP contribution is -2.42. The number of halogens is 1. The molecule has 1 unspecified atom stereocenters. The summed E-state index contributed by atoms with van der Waals surface area (Å²) in [6, 6.07) is 11.5. The van der Waals surface area contributed by atoms with Crippen LogP contribution in [0.2, 0.25) is 0 Å². The second kappa shape index (κ2) is 11.4. The first-order chi connectivity index (χ1) is 17.3. The van der Waals surface area contributed by atoms with Crippen LogP contribution in [-0.4, -0.2) is 72.0 Å². The maximum atomic E-state index is 13.3. The van der Waals surface area contributed by atoms with Gasteiger partial charge in [-0.2, -0.15) is 5.10 Å². The number of benzene rings is 2. The molecule has 1 aliphatic rings. The van der Waals surface area contributed by atoms with Crippen molar-refractivity contribution in [1.29, 1.82) is 0 Å². The number of β-amino-alcohol motifs (C(OH)–C–C–N with tert-alkyl or cyclic N) is 1. The smallest absolute Gasteiger partial charge is 0.251 e. The van der Waals surface area contributed by atoms with Crippen LogP contribution in [-0.2, 0) is 6.42 Å². The van der Waals surface area contributed by atoms with Crippen molar-refractivity contribution in [2.75, 3.05) is 45.2 Å². The summed E-state index contributed by atoms with van der Waals surface area (Å²) >= 11 is 0. The van der Waals surface area contributed by atoms with E-state index in [1.165, 1.54) is 12.1 Å². The van der Waals surface area contributed by atoms with Crippen molar-refractivity contribution < 1.29 is 14.3 Å². The van der Waals surface area contributed by atoms with Crippen molar-refractivity contribution in [3.63, 3.8) is 0 Å². The van der Waals surface area contributed by atoms with Crippen LogP contribution in [0.25, 0.3) is 0 Å². The van der Waals surface area contributed by atoms with Crippen LogP contribution in [0.1, 0.15) is 39.9 Å². The maximum absolute atomic E-state index is 13.3. The van der Waals surface area contributed by atoms with Gasteiger partial charge in [-0.05, 0) is 81.4 Å². The molecule has 0 saturated carbocycles. The first-order valence-corrected chi connectivity index (χ1v) is 12.1. The number of amides is 1. The monoisotopic (exact) mass is 489 g/mol. The van der Waals surface area contributed by atoms with E-state index in [9.17, 15) is 14.3 Å². The number of nitrogens with zero attached hydrogens (tertiary/aromatic N) is 3. The van der Waals surface area contributed by atoms with Gasteiger partial charge in [0, 0.05) is 49.1 Å². The van der Waals surface area contributed by atoms with Crippen LogP contribution in [0.5, 0.6) is 0 Å². The highest BCUT2D eigenvalue weighted by Gasteiger charge is 2.37. The molecule has 1 atom stereocenters. The van der Waals surface area contributed by atoms with Crippen molar-refractivity contribution in [2.45, 2.75) is 24.9 Å². The quantitative estimate of drug-likeness (QED) is 0.335. The average molecular weight is 490 g/mol. The minimum atomic E-state index is -0.809. The van der Waals surface area contributed by atoms with E-state index in [0.29, 0.717) is 49.3 Å². The zero-order valence-corrected chi connectivity index (χ0v) is 20.7. The van der Waals surface area contributed by atoms with Crippen LogP contribution in [0.4, 0.5) is 10.1 Å². The number of carbonyl (C=O) groups is 1. The summed E-state index contributed by atoms with van der Waals surface area (Å²) in [4.78, 5) is 16.9. The number of aliphatic hydroxyl groups is 1. The van der Waals surface area contributed by atoms with Crippen LogP contribution in [0.15, 0.2) is 54.9 Å². The van der Waals surface area contributed by atoms with Gasteiger partial charge in [0.05, 0.1) is 17.5 Å². The molecule has 3 aromatic rings. The number of rotatable bonds is 8. The number of aromatic amines is 1. The number of likely N-dealkylation sites (N-methyl/N-ethyl adjacent to an activating group) is 1. The molecule has 1 aliphatic heterocycles. The minimum Gasteiger partial charge on any atom is -0.387 e. The Labute approximate surface area is 211 Å². The molecule has 1 fully saturated rings. The van der Waals surface area contributed by atoms with Gasteiger partial charge in [-0.3, -0.25) is 9.89 Å². The molecule has 0 bridgehead atoms. The van der Waals surface area contributed by atoms with E-state index in [2.05, 4.69) is 32.3 Å². The highest BCUT2D eigenvalue weighted by atomic mass is 19.1. The summed E-state index contributed by atoms with van der Waals surface area (Å²) in [6.07, 6.45) is 5.91. The molecular weight excluding hydrogens is 457 g/mol. The number of aromatic nitrogens is 2. The summed E-state index contributed by atoms with van der Waals surface area (Å²) in [5.74, 6) is 5.79. The average Bonchev–Trinajstić information content (AvgIpc) is 3.50. The Bertz CT molecular complexity index is 1230. The predicted octanol–water partition coefficient (Wildman–Crippen LogP) is 2.81.